The Morgan fingerprint density at radius 1 is 1.15 bits per heavy atom. The maximum Gasteiger partial charge on any atom is 0.142 e. The molecule has 2 aromatic rings. The number of halogens is 3. The van der Waals surface area contributed by atoms with Crippen LogP contribution in [0, 0.1) is 5.82 Å². The van der Waals surface area contributed by atoms with Crippen LogP contribution in [0.25, 0.3) is 11.1 Å². The normalized spacial score (nSPS) is 10.8. The minimum atomic E-state index is -0.395. The van der Waals surface area contributed by atoms with Crippen LogP contribution in [0.2, 0.25) is 10.3 Å². The number of thioether (sulfide) groups is 1. The maximum atomic E-state index is 13.8. The average Bonchev–Trinajstić information content (AvgIpc) is 2.40. The second-order valence-corrected chi connectivity index (χ2v) is 5.95. The summed E-state index contributed by atoms with van der Waals surface area (Å²) in [7, 11) is 0. The zero-order valence-corrected chi connectivity index (χ0v) is 13.2. The lowest BCUT2D eigenvalue weighted by atomic mass is 10.1. The molecule has 1 heterocycles. The van der Waals surface area contributed by atoms with E-state index in [-0.39, 0.29) is 10.3 Å². The van der Waals surface area contributed by atoms with Gasteiger partial charge in [-0.25, -0.2) is 14.4 Å². The van der Waals surface area contributed by atoms with Gasteiger partial charge in [0.05, 0.1) is 11.3 Å². The fourth-order valence-electron chi connectivity index (χ4n) is 1.71. The van der Waals surface area contributed by atoms with Gasteiger partial charge in [0, 0.05) is 5.56 Å². The first-order valence-electron chi connectivity index (χ1n) is 6.18. The van der Waals surface area contributed by atoms with E-state index in [9.17, 15) is 4.39 Å². The second kappa shape index (κ2) is 7.25. The van der Waals surface area contributed by atoms with Crippen molar-refractivity contribution in [3.63, 3.8) is 0 Å². The third kappa shape index (κ3) is 3.62. The number of hydrogen-bond acceptors (Lipinski definition) is 3. The standard InChI is InChI=1S/C14H13Cl2FN2S/c1-2-7-20-8-11-18-13(15)12(14(16)19-11)9-5-3-4-6-10(9)17/h3-6H,2,7-8H2,1H3. The van der Waals surface area contributed by atoms with Crippen LogP contribution < -0.4 is 0 Å². The summed E-state index contributed by atoms with van der Waals surface area (Å²) in [5, 5.41) is 0.365. The Morgan fingerprint density at radius 3 is 2.40 bits per heavy atom. The molecule has 0 saturated carbocycles. The van der Waals surface area contributed by atoms with Gasteiger partial charge < -0.3 is 0 Å². The SMILES string of the molecule is CCCSCc1nc(Cl)c(-c2ccccc2F)c(Cl)n1. The van der Waals surface area contributed by atoms with Crippen LogP contribution >= 0.6 is 35.0 Å². The van der Waals surface area contributed by atoms with Crippen molar-refractivity contribution in [3.8, 4) is 11.1 Å². The highest BCUT2D eigenvalue weighted by molar-refractivity contribution is 7.98. The fourth-order valence-corrected chi connectivity index (χ4v) is 3.08. The van der Waals surface area contributed by atoms with E-state index in [1.165, 1.54) is 6.07 Å². The largest absolute Gasteiger partial charge is 0.220 e. The van der Waals surface area contributed by atoms with Crippen LogP contribution in [0.3, 0.4) is 0 Å². The Hall–Kier alpha value is -0.840. The lowest BCUT2D eigenvalue weighted by Crippen LogP contribution is -1.98. The highest BCUT2D eigenvalue weighted by Gasteiger charge is 2.16. The summed E-state index contributed by atoms with van der Waals surface area (Å²) in [5.74, 6) is 1.84. The zero-order chi connectivity index (χ0) is 14.5. The molecule has 2 nitrogen and oxygen atoms in total. The third-order valence-corrected chi connectivity index (χ3v) is 4.30. The molecule has 106 valence electrons. The highest BCUT2D eigenvalue weighted by atomic mass is 35.5. The van der Waals surface area contributed by atoms with Gasteiger partial charge in [-0.1, -0.05) is 48.3 Å². The van der Waals surface area contributed by atoms with E-state index >= 15 is 0 Å². The van der Waals surface area contributed by atoms with Gasteiger partial charge in [0.15, 0.2) is 0 Å². The zero-order valence-electron chi connectivity index (χ0n) is 10.9. The summed E-state index contributed by atoms with van der Waals surface area (Å²) in [5.41, 5.74) is 0.658. The lowest BCUT2D eigenvalue weighted by Gasteiger charge is -2.09. The lowest BCUT2D eigenvalue weighted by molar-refractivity contribution is 0.631. The molecule has 0 amide bonds. The Morgan fingerprint density at radius 2 is 1.80 bits per heavy atom. The van der Waals surface area contributed by atoms with Gasteiger partial charge in [0.1, 0.15) is 21.9 Å². The molecule has 0 atom stereocenters. The van der Waals surface area contributed by atoms with Crippen molar-refractivity contribution in [1.29, 1.82) is 0 Å². The predicted molar refractivity (Wildman–Crippen MR) is 83.9 cm³/mol. The minimum absolute atomic E-state index is 0.183. The van der Waals surface area contributed by atoms with Gasteiger partial charge in [-0.2, -0.15) is 11.8 Å². The van der Waals surface area contributed by atoms with Gasteiger partial charge in [0.2, 0.25) is 0 Å². The van der Waals surface area contributed by atoms with E-state index in [1.807, 2.05) is 0 Å². The van der Waals surface area contributed by atoms with E-state index < -0.39 is 5.82 Å². The van der Waals surface area contributed by atoms with Gasteiger partial charge >= 0.3 is 0 Å². The molecule has 0 fully saturated rings. The molecular weight excluding hydrogens is 318 g/mol. The van der Waals surface area contributed by atoms with Crippen molar-refractivity contribution in [2.24, 2.45) is 0 Å². The quantitative estimate of drug-likeness (QED) is 0.554. The summed E-state index contributed by atoms with van der Waals surface area (Å²) >= 11 is 14.0. The van der Waals surface area contributed by atoms with Gasteiger partial charge in [0.25, 0.3) is 0 Å². The predicted octanol–water partition coefficient (Wildman–Crippen LogP) is 5.23. The minimum Gasteiger partial charge on any atom is -0.220 e. The second-order valence-electron chi connectivity index (χ2n) is 4.13. The molecule has 0 aliphatic rings. The molecule has 6 heteroatoms. The molecule has 0 spiro atoms. The van der Waals surface area contributed by atoms with Crippen LogP contribution in [-0.4, -0.2) is 15.7 Å². The van der Waals surface area contributed by atoms with Gasteiger partial charge in [-0.15, -0.1) is 0 Å². The number of rotatable bonds is 5. The van der Waals surface area contributed by atoms with Crippen LogP contribution in [0.1, 0.15) is 19.2 Å². The van der Waals surface area contributed by atoms with Crippen LogP contribution in [0.5, 0.6) is 0 Å². The number of hydrogen-bond donors (Lipinski definition) is 0. The fraction of sp³-hybridized carbons (Fsp3) is 0.286. The molecule has 0 N–H and O–H groups in total. The molecule has 20 heavy (non-hydrogen) atoms. The van der Waals surface area contributed by atoms with E-state index in [2.05, 4.69) is 16.9 Å². The van der Waals surface area contributed by atoms with Crippen molar-refractivity contribution in [2.45, 2.75) is 19.1 Å². The molecule has 1 aromatic heterocycles. The molecule has 0 aliphatic heterocycles. The molecule has 0 saturated heterocycles. The van der Waals surface area contributed by atoms with Crippen LogP contribution in [-0.2, 0) is 5.75 Å². The van der Waals surface area contributed by atoms with E-state index in [0.29, 0.717) is 22.7 Å². The van der Waals surface area contributed by atoms with Crippen molar-refractivity contribution >= 4 is 35.0 Å². The van der Waals surface area contributed by atoms with E-state index in [1.54, 1.807) is 30.0 Å². The smallest absolute Gasteiger partial charge is 0.142 e. The Labute approximate surface area is 131 Å². The first kappa shape index (κ1) is 15.5. The molecule has 0 aliphatic carbocycles. The number of benzene rings is 1. The first-order valence-corrected chi connectivity index (χ1v) is 8.09. The van der Waals surface area contributed by atoms with Crippen LogP contribution in [0.4, 0.5) is 4.39 Å². The van der Waals surface area contributed by atoms with Gasteiger partial charge in [-0.05, 0) is 18.2 Å². The average molecular weight is 331 g/mol. The monoisotopic (exact) mass is 330 g/mol. The van der Waals surface area contributed by atoms with E-state index in [0.717, 1.165) is 12.2 Å². The molecule has 0 bridgehead atoms. The summed E-state index contributed by atoms with van der Waals surface area (Å²) in [4.78, 5) is 8.41. The van der Waals surface area contributed by atoms with Crippen molar-refractivity contribution < 1.29 is 4.39 Å². The molecule has 0 unspecified atom stereocenters. The van der Waals surface area contributed by atoms with Crippen molar-refractivity contribution in [2.75, 3.05) is 5.75 Å². The maximum absolute atomic E-state index is 13.8. The molecular formula is C14H13Cl2FN2S. The third-order valence-electron chi connectivity index (χ3n) is 2.59. The van der Waals surface area contributed by atoms with E-state index in [4.69, 9.17) is 23.2 Å². The van der Waals surface area contributed by atoms with Crippen molar-refractivity contribution in [1.82, 2.24) is 9.97 Å². The summed E-state index contributed by atoms with van der Waals surface area (Å²) < 4.78 is 13.8. The Balaban J connectivity index is 2.34. The Kier molecular flexibility index (Phi) is 5.64. The Bertz CT molecular complexity index is 584. The summed E-state index contributed by atoms with van der Waals surface area (Å²) in [6.45, 7) is 2.11. The number of nitrogens with zero attached hydrogens (tertiary/aromatic N) is 2. The molecule has 1 aromatic carbocycles. The summed E-state index contributed by atoms with van der Waals surface area (Å²) in [6.07, 6.45) is 1.08. The summed E-state index contributed by atoms with van der Waals surface area (Å²) in [6, 6.07) is 6.29. The molecule has 0 radical (unpaired) electrons. The first-order chi connectivity index (χ1) is 9.63. The van der Waals surface area contributed by atoms with Gasteiger partial charge in [-0.3, -0.25) is 0 Å². The van der Waals surface area contributed by atoms with Crippen molar-refractivity contribution in [3.05, 3.63) is 46.2 Å². The number of aromatic nitrogens is 2. The highest BCUT2D eigenvalue weighted by Crippen LogP contribution is 2.34. The molecule has 2 rings (SSSR count). The van der Waals surface area contributed by atoms with Crippen LogP contribution in [0.15, 0.2) is 24.3 Å². The topological polar surface area (TPSA) is 25.8 Å².